The number of alkyl halides is 3. The van der Waals surface area contributed by atoms with Crippen LogP contribution in [0, 0.1) is 0 Å². The van der Waals surface area contributed by atoms with Gasteiger partial charge < -0.3 is 16.0 Å². The Morgan fingerprint density at radius 2 is 2.15 bits per heavy atom. The van der Waals surface area contributed by atoms with Gasteiger partial charge in [-0.2, -0.15) is 13.2 Å². The van der Waals surface area contributed by atoms with Crippen molar-refractivity contribution in [1.29, 1.82) is 0 Å². The lowest BCUT2D eigenvalue weighted by atomic mass is 10.2. The maximum atomic E-state index is 12.2. The van der Waals surface area contributed by atoms with Gasteiger partial charge in [-0.15, -0.1) is 0 Å². The Hall–Kier alpha value is -2.18. The van der Waals surface area contributed by atoms with Crippen LogP contribution in [0.25, 0.3) is 10.9 Å². The molecule has 1 amide bonds. The molecule has 1 heterocycles. The van der Waals surface area contributed by atoms with Gasteiger partial charge in [-0.3, -0.25) is 4.79 Å². The molecule has 0 fully saturated rings. The number of carbonyl (C=O) groups excluding carboxylic acids is 1. The Bertz CT molecular complexity index is 633. The summed E-state index contributed by atoms with van der Waals surface area (Å²) in [5.41, 5.74) is 7.00. The average Bonchev–Trinajstić information content (AvgIpc) is 2.71. The van der Waals surface area contributed by atoms with Crippen LogP contribution in [-0.2, 0) is 0 Å². The Morgan fingerprint density at radius 3 is 2.75 bits per heavy atom. The van der Waals surface area contributed by atoms with Crippen molar-refractivity contribution in [3.8, 4) is 0 Å². The Kier molecular flexibility index (Phi) is 3.61. The van der Waals surface area contributed by atoms with Crippen LogP contribution in [0.15, 0.2) is 24.3 Å². The Balaban J connectivity index is 2.14. The number of amides is 1. The zero-order valence-electron chi connectivity index (χ0n) is 10.7. The van der Waals surface area contributed by atoms with E-state index in [0.717, 1.165) is 5.39 Å². The molecule has 1 unspecified atom stereocenters. The minimum atomic E-state index is -4.31. The van der Waals surface area contributed by atoms with Crippen LogP contribution < -0.4 is 11.1 Å². The highest BCUT2D eigenvalue weighted by Gasteiger charge is 2.30. The molecule has 4 N–H and O–H groups in total. The summed E-state index contributed by atoms with van der Waals surface area (Å²) in [6.07, 6.45) is -5.38. The zero-order valence-corrected chi connectivity index (χ0v) is 10.7. The lowest BCUT2D eigenvalue weighted by Crippen LogP contribution is -2.36. The molecular weight excluding hydrogens is 271 g/mol. The third kappa shape index (κ3) is 3.23. The van der Waals surface area contributed by atoms with Crippen molar-refractivity contribution in [2.75, 3.05) is 5.73 Å². The average molecular weight is 285 g/mol. The molecular formula is C13H14F3N3O. The number of nitrogens with two attached hydrogens (primary N) is 1. The number of nitrogen functional groups attached to an aromatic ring is 1. The predicted molar refractivity (Wildman–Crippen MR) is 70.3 cm³/mol. The summed E-state index contributed by atoms with van der Waals surface area (Å²) in [4.78, 5) is 14.7. The highest BCUT2D eigenvalue weighted by Crippen LogP contribution is 2.23. The van der Waals surface area contributed by atoms with Crippen LogP contribution in [0.3, 0.4) is 0 Å². The molecule has 4 nitrogen and oxygen atoms in total. The predicted octanol–water partition coefficient (Wildman–Crippen LogP) is 2.82. The maximum absolute atomic E-state index is 12.2. The van der Waals surface area contributed by atoms with Crippen molar-refractivity contribution in [3.63, 3.8) is 0 Å². The highest BCUT2D eigenvalue weighted by atomic mass is 19.4. The molecule has 0 bridgehead atoms. The van der Waals surface area contributed by atoms with Gasteiger partial charge in [-0.05, 0) is 19.1 Å². The van der Waals surface area contributed by atoms with Gasteiger partial charge in [0.05, 0.1) is 17.6 Å². The van der Waals surface area contributed by atoms with Gasteiger partial charge >= 0.3 is 6.18 Å². The number of anilines is 1. The number of halogens is 3. The standard InChI is InChI=1S/C13H14F3N3O/c1-7(6-13(14,15)16)18-12(20)10-5-8-3-2-4-9(17)11(8)19-10/h2-5,7,19H,6,17H2,1H3,(H,18,20). The minimum absolute atomic E-state index is 0.187. The largest absolute Gasteiger partial charge is 0.397 e. The first-order valence-corrected chi connectivity index (χ1v) is 6.01. The van der Waals surface area contributed by atoms with E-state index in [1.165, 1.54) is 6.92 Å². The number of benzene rings is 1. The number of nitrogens with one attached hydrogen (secondary N) is 2. The highest BCUT2D eigenvalue weighted by molar-refractivity contribution is 6.00. The number of hydrogen-bond acceptors (Lipinski definition) is 2. The summed E-state index contributed by atoms with van der Waals surface area (Å²) in [5, 5.41) is 3.04. The van der Waals surface area contributed by atoms with Crippen molar-refractivity contribution in [3.05, 3.63) is 30.0 Å². The van der Waals surface area contributed by atoms with E-state index in [0.29, 0.717) is 11.2 Å². The quantitative estimate of drug-likeness (QED) is 0.759. The second-order valence-electron chi connectivity index (χ2n) is 4.69. The first kappa shape index (κ1) is 14.2. The third-order valence-electron chi connectivity index (χ3n) is 2.85. The maximum Gasteiger partial charge on any atom is 0.391 e. The molecule has 2 aromatic rings. The first-order chi connectivity index (χ1) is 9.26. The van der Waals surface area contributed by atoms with E-state index in [1.807, 2.05) is 0 Å². The van der Waals surface area contributed by atoms with Crippen molar-refractivity contribution >= 4 is 22.5 Å². The molecule has 7 heteroatoms. The number of H-pyrrole nitrogens is 1. The first-order valence-electron chi connectivity index (χ1n) is 6.01. The topological polar surface area (TPSA) is 70.9 Å². The molecule has 0 aliphatic heterocycles. The fourth-order valence-electron chi connectivity index (χ4n) is 2.00. The van der Waals surface area contributed by atoms with E-state index in [1.54, 1.807) is 24.3 Å². The van der Waals surface area contributed by atoms with E-state index in [2.05, 4.69) is 10.3 Å². The summed E-state index contributed by atoms with van der Waals surface area (Å²) < 4.78 is 36.6. The van der Waals surface area contributed by atoms with E-state index in [-0.39, 0.29) is 5.69 Å². The Morgan fingerprint density at radius 1 is 1.45 bits per heavy atom. The lowest BCUT2D eigenvalue weighted by Gasteiger charge is -2.15. The van der Waals surface area contributed by atoms with Crippen LogP contribution >= 0.6 is 0 Å². The molecule has 20 heavy (non-hydrogen) atoms. The van der Waals surface area contributed by atoms with Crippen molar-refractivity contribution in [2.24, 2.45) is 0 Å². The second-order valence-corrected chi connectivity index (χ2v) is 4.69. The molecule has 0 aliphatic carbocycles. The lowest BCUT2D eigenvalue weighted by molar-refractivity contribution is -0.138. The van der Waals surface area contributed by atoms with Gasteiger partial charge in [-0.1, -0.05) is 12.1 Å². The molecule has 0 aliphatic rings. The van der Waals surface area contributed by atoms with Gasteiger partial charge in [0.25, 0.3) is 5.91 Å². The second kappa shape index (κ2) is 5.07. The molecule has 0 saturated carbocycles. The number of aromatic amines is 1. The molecule has 1 aromatic heterocycles. The van der Waals surface area contributed by atoms with Gasteiger partial charge in [0, 0.05) is 11.4 Å². The van der Waals surface area contributed by atoms with Gasteiger partial charge in [0.15, 0.2) is 0 Å². The zero-order chi connectivity index (χ0) is 14.9. The van der Waals surface area contributed by atoms with Crippen LogP contribution in [0.5, 0.6) is 0 Å². The number of fused-ring (bicyclic) bond motifs is 1. The van der Waals surface area contributed by atoms with Gasteiger partial charge in [0.2, 0.25) is 0 Å². The number of aromatic nitrogens is 1. The number of hydrogen-bond donors (Lipinski definition) is 3. The van der Waals surface area contributed by atoms with E-state index in [4.69, 9.17) is 5.73 Å². The fraction of sp³-hybridized carbons (Fsp3) is 0.308. The smallest absolute Gasteiger partial charge is 0.391 e. The number of carbonyl (C=O) groups is 1. The van der Waals surface area contributed by atoms with Crippen LogP contribution in [-0.4, -0.2) is 23.1 Å². The summed E-state index contributed by atoms with van der Waals surface area (Å²) in [6.45, 7) is 1.31. The van der Waals surface area contributed by atoms with Crippen LogP contribution in [0.2, 0.25) is 0 Å². The summed E-state index contributed by atoms with van der Waals surface area (Å²) >= 11 is 0. The van der Waals surface area contributed by atoms with Crippen molar-refractivity contribution < 1.29 is 18.0 Å². The third-order valence-corrected chi connectivity index (χ3v) is 2.85. The molecule has 0 radical (unpaired) electrons. The molecule has 2 rings (SSSR count). The summed E-state index contributed by atoms with van der Waals surface area (Å²) in [6, 6.07) is 5.73. The van der Waals surface area contributed by atoms with Crippen LogP contribution in [0.1, 0.15) is 23.8 Å². The molecule has 0 saturated heterocycles. The number of rotatable bonds is 3. The molecule has 0 spiro atoms. The van der Waals surface area contributed by atoms with E-state index in [9.17, 15) is 18.0 Å². The molecule has 1 aromatic carbocycles. The summed E-state index contributed by atoms with van der Waals surface area (Å²) in [7, 11) is 0. The van der Waals surface area contributed by atoms with Crippen molar-refractivity contribution in [2.45, 2.75) is 25.6 Å². The number of para-hydroxylation sites is 1. The molecule has 1 atom stereocenters. The monoisotopic (exact) mass is 285 g/mol. The SMILES string of the molecule is CC(CC(F)(F)F)NC(=O)c1cc2cccc(N)c2[nH]1. The summed E-state index contributed by atoms with van der Waals surface area (Å²) in [5.74, 6) is -0.586. The van der Waals surface area contributed by atoms with Gasteiger partial charge in [-0.25, -0.2) is 0 Å². The van der Waals surface area contributed by atoms with Gasteiger partial charge in [0.1, 0.15) is 5.69 Å². The normalized spacial score (nSPS) is 13.4. The fourth-order valence-corrected chi connectivity index (χ4v) is 2.00. The van der Waals surface area contributed by atoms with E-state index >= 15 is 0 Å². The molecule has 108 valence electrons. The van der Waals surface area contributed by atoms with Crippen molar-refractivity contribution in [1.82, 2.24) is 10.3 Å². The minimum Gasteiger partial charge on any atom is -0.397 e. The van der Waals surface area contributed by atoms with Crippen LogP contribution in [0.4, 0.5) is 18.9 Å². The Labute approximate surface area is 113 Å². The van der Waals surface area contributed by atoms with E-state index < -0.39 is 24.5 Å².